The molecule has 0 atom stereocenters. The van der Waals surface area contributed by atoms with Gasteiger partial charge in [-0.25, -0.2) is 4.98 Å². The van der Waals surface area contributed by atoms with Crippen LogP contribution < -0.4 is 25.7 Å². The van der Waals surface area contributed by atoms with Gasteiger partial charge in [0.05, 0.1) is 42.1 Å². The Kier molecular flexibility index (Phi) is 7.39. The minimum absolute atomic E-state index is 0.0634. The molecule has 0 saturated heterocycles. The Hall–Kier alpha value is -4.39. The summed E-state index contributed by atoms with van der Waals surface area (Å²) in [5.41, 5.74) is -0.773. The second-order valence-corrected chi connectivity index (χ2v) is 9.06. The lowest BCUT2D eigenvalue weighted by Gasteiger charge is -2.11. The number of thiophene rings is 1. The van der Waals surface area contributed by atoms with E-state index < -0.39 is 35.7 Å². The predicted octanol–water partition coefficient (Wildman–Crippen LogP) is 4.69. The summed E-state index contributed by atoms with van der Waals surface area (Å²) in [6.07, 6.45) is -3.41. The van der Waals surface area contributed by atoms with Gasteiger partial charge in [0.2, 0.25) is 5.91 Å². The van der Waals surface area contributed by atoms with E-state index in [4.69, 9.17) is 9.47 Å². The molecule has 0 saturated carbocycles. The number of ether oxygens (including phenoxy) is 2. The zero-order valence-electron chi connectivity index (χ0n) is 20.3. The quantitative estimate of drug-likeness (QED) is 0.348. The largest absolute Gasteiger partial charge is 0.497 e. The van der Waals surface area contributed by atoms with Crippen LogP contribution in [0.5, 0.6) is 11.5 Å². The fraction of sp³-hybridized carbons (Fsp3) is 0.200. The van der Waals surface area contributed by atoms with Crippen molar-refractivity contribution in [1.29, 1.82) is 0 Å². The normalized spacial score (nSPS) is 11.3. The fourth-order valence-electron chi connectivity index (χ4n) is 3.70. The molecule has 198 valence electrons. The third-order valence-corrected chi connectivity index (χ3v) is 6.77. The van der Waals surface area contributed by atoms with Crippen LogP contribution in [0.25, 0.3) is 10.2 Å². The average molecular weight is 547 g/mol. The van der Waals surface area contributed by atoms with Gasteiger partial charge in [0.25, 0.3) is 11.5 Å². The number of nitrogens with zero attached hydrogens (tertiary/aromatic N) is 2. The topological polar surface area (TPSA) is 112 Å². The third kappa shape index (κ3) is 5.47. The smallest absolute Gasteiger partial charge is 0.416 e. The van der Waals surface area contributed by atoms with Crippen LogP contribution in [0.3, 0.4) is 0 Å². The van der Waals surface area contributed by atoms with E-state index in [0.717, 1.165) is 34.4 Å². The molecule has 0 aliphatic carbocycles. The van der Waals surface area contributed by atoms with E-state index in [9.17, 15) is 27.6 Å². The van der Waals surface area contributed by atoms with E-state index in [2.05, 4.69) is 15.6 Å². The summed E-state index contributed by atoms with van der Waals surface area (Å²) in [4.78, 5) is 43.4. The second-order valence-electron chi connectivity index (χ2n) is 8.06. The maximum absolute atomic E-state index is 13.1. The zero-order valence-corrected chi connectivity index (χ0v) is 21.1. The molecule has 9 nitrogen and oxygen atoms in total. The van der Waals surface area contributed by atoms with Crippen LogP contribution in [0, 0.1) is 6.92 Å². The maximum atomic E-state index is 13.1. The lowest BCUT2D eigenvalue weighted by atomic mass is 10.2. The highest BCUT2D eigenvalue weighted by Crippen LogP contribution is 2.32. The molecule has 0 bridgehead atoms. The average Bonchev–Trinajstić information content (AvgIpc) is 3.22. The number of carbonyl (C=O) groups is 2. The van der Waals surface area contributed by atoms with Crippen LogP contribution >= 0.6 is 11.3 Å². The Balaban J connectivity index is 1.56. The first kappa shape index (κ1) is 26.7. The van der Waals surface area contributed by atoms with Gasteiger partial charge in [-0.15, -0.1) is 11.3 Å². The minimum Gasteiger partial charge on any atom is -0.497 e. The number of amides is 2. The van der Waals surface area contributed by atoms with Gasteiger partial charge in [0.15, 0.2) is 0 Å². The monoisotopic (exact) mass is 546 g/mol. The number of halogens is 3. The lowest BCUT2D eigenvalue weighted by molar-refractivity contribution is -0.137. The summed E-state index contributed by atoms with van der Waals surface area (Å²) in [6, 6.07) is 9.04. The molecule has 0 aliphatic heterocycles. The molecular formula is C25H21F3N4O5S. The first-order valence-corrected chi connectivity index (χ1v) is 11.8. The summed E-state index contributed by atoms with van der Waals surface area (Å²) >= 11 is 1.01. The van der Waals surface area contributed by atoms with Gasteiger partial charge < -0.3 is 20.1 Å². The SMILES string of the molecule is COc1ccc(NC(=O)c2sc3ncn(CC(=O)Nc4cccc(C(F)(F)F)c4)c(=O)c3c2C)c(OC)c1. The van der Waals surface area contributed by atoms with Gasteiger partial charge in [-0.05, 0) is 42.8 Å². The highest BCUT2D eigenvalue weighted by atomic mass is 32.1. The maximum Gasteiger partial charge on any atom is 0.416 e. The molecule has 4 rings (SSSR count). The molecule has 38 heavy (non-hydrogen) atoms. The van der Waals surface area contributed by atoms with E-state index in [0.29, 0.717) is 27.6 Å². The number of carbonyl (C=O) groups excluding carboxylic acids is 2. The summed E-state index contributed by atoms with van der Waals surface area (Å²) in [5.74, 6) is -0.282. The first-order chi connectivity index (χ1) is 18.0. The van der Waals surface area contributed by atoms with E-state index >= 15 is 0 Å². The molecule has 0 aliphatic rings. The highest BCUT2D eigenvalue weighted by molar-refractivity contribution is 7.20. The van der Waals surface area contributed by atoms with Gasteiger partial charge >= 0.3 is 6.18 Å². The number of methoxy groups -OCH3 is 2. The number of aromatic nitrogens is 2. The number of alkyl halides is 3. The summed E-state index contributed by atoms with van der Waals surface area (Å²) in [6.45, 7) is 1.10. The molecule has 2 N–H and O–H groups in total. The molecule has 0 spiro atoms. The van der Waals surface area contributed by atoms with Crippen molar-refractivity contribution < 1.29 is 32.2 Å². The van der Waals surface area contributed by atoms with Crippen LogP contribution in [0.4, 0.5) is 24.5 Å². The Morgan fingerprint density at radius 3 is 2.53 bits per heavy atom. The Morgan fingerprint density at radius 2 is 1.84 bits per heavy atom. The molecule has 2 aromatic heterocycles. The van der Waals surface area contributed by atoms with Crippen molar-refractivity contribution in [2.24, 2.45) is 0 Å². The first-order valence-electron chi connectivity index (χ1n) is 11.0. The van der Waals surface area contributed by atoms with Crippen molar-refractivity contribution in [3.8, 4) is 11.5 Å². The van der Waals surface area contributed by atoms with Gasteiger partial charge in [0.1, 0.15) is 22.9 Å². The number of hydrogen-bond donors (Lipinski definition) is 2. The predicted molar refractivity (Wildman–Crippen MR) is 136 cm³/mol. The number of benzene rings is 2. The standard InChI is InChI=1S/C25H21F3N4O5S/c1-13-20-23(38-21(13)22(34)31-17-8-7-16(36-2)10-18(17)37-3)29-12-32(24(20)35)11-19(33)30-15-6-4-5-14(9-15)25(26,27)28/h4-10,12H,11H2,1-3H3,(H,30,33)(H,31,34). The Labute approximate surface area is 217 Å². The second kappa shape index (κ2) is 10.5. The Morgan fingerprint density at radius 1 is 1.08 bits per heavy atom. The number of nitrogens with one attached hydrogen (secondary N) is 2. The van der Waals surface area contributed by atoms with Crippen LogP contribution in [0.2, 0.25) is 0 Å². The van der Waals surface area contributed by atoms with Crippen molar-refractivity contribution in [1.82, 2.24) is 9.55 Å². The van der Waals surface area contributed by atoms with E-state index in [1.807, 2.05) is 0 Å². The van der Waals surface area contributed by atoms with E-state index in [-0.39, 0.29) is 16.0 Å². The molecule has 2 amide bonds. The van der Waals surface area contributed by atoms with Crippen LogP contribution in [-0.2, 0) is 17.5 Å². The molecule has 0 radical (unpaired) electrons. The van der Waals surface area contributed by atoms with Crippen LogP contribution in [0.15, 0.2) is 53.6 Å². The van der Waals surface area contributed by atoms with Gasteiger partial charge in [-0.2, -0.15) is 13.2 Å². The van der Waals surface area contributed by atoms with Crippen molar-refractivity contribution >= 4 is 44.7 Å². The third-order valence-electron chi connectivity index (χ3n) is 5.57. The van der Waals surface area contributed by atoms with Crippen molar-refractivity contribution in [3.63, 3.8) is 0 Å². The van der Waals surface area contributed by atoms with E-state index in [1.165, 1.54) is 26.4 Å². The minimum atomic E-state index is -4.56. The molecule has 0 unspecified atom stereocenters. The van der Waals surface area contributed by atoms with Crippen LogP contribution in [-0.4, -0.2) is 35.6 Å². The number of fused-ring (bicyclic) bond motifs is 1. The van der Waals surface area contributed by atoms with Crippen molar-refractivity contribution in [3.05, 3.63) is 75.1 Å². The molecule has 2 heterocycles. The summed E-state index contributed by atoms with van der Waals surface area (Å²) < 4.78 is 50.3. The molecule has 2 aromatic carbocycles. The number of rotatable bonds is 7. The number of aryl methyl sites for hydroxylation is 1. The van der Waals surface area contributed by atoms with E-state index in [1.54, 1.807) is 25.1 Å². The fourth-order valence-corrected chi connectivity index (χ4v) is 4.73. The summed E-state index contributed by atoms with van der Waals surface area (Å²) in [5, 5.41) is 5.27. The lowest BCUT2D eigenvalue weighted by Crippen LogP contribution is -2.28. The van der Waals surface area contributed by atoms with Crippen molar-refractivity contribution in [2.75, 3.05) is 24.9 Å². The summed E-state index contributed by atoms with van der Waals surface area (Å²) in [7, 11) is 2.95. The highest BCUT2D eigenvalue weighted by Gasteiger charge is 2.30. The van der Waals surface area contributed by atoms with Gasteiger partial charge in [-0.3, -0.25) is 19.0 Å². The number of hydrogen-bond acceptors (Lipinski definition) is 7. The molecule has 0 fully saturated rings. The number of anilines is 2. The Bertz CT molecular complexity index is 1600. The molecule has 4 aromatic rings. The zero-order chi connectivity index (χ0) is 27.6. The molecular weight excluding hydrogens is 525 g/mol. The van der Waals surface area contributed by atoms with Gasteiger partial charge in [0, 0.05) is 11.8 Å². The van der Waals surface area contributed by atoms with Crippen LogP contribution in [0.1, 0.15) is 20.8 Å². The molecule has 13 heteroatoms. The van der Waals surface area contributed by atoms with Gasteiger partial charge in [-0.1, -0.05) is 6.07 Å². The van der Waals surface area contributed by atoms with Crippen molar-refractivity contribution in [2.45, 2.75) is 19.6 Å².